The Bertz CT molecular complexity index is 1340. The zero-order valence-electron chi connectivity index (χ0n) is 21.6. The first-order valence-corrected chi connectivity index (χ1v) is 12.2. The van der Waals surface area contributed by atoms with Gasteiger partial charge in [-0.3, -0.25) is 14.5 Å². The van der Waals surface area contributed by atoms with Gasteiger partial charge in [0.25, 0.3) is 11.7 Å². The van der Waals surface area contributed by atoms with E-state index in [0.717, 1.165) is 5.56 Å². The highest BCUT2D eigenvalue weighted by Crippen LogP contribution is 2.44. The predicted molar refractivity (Wildman–Crippen MR) is 142 cm³/mol. The van der Waals surface area contributed by atoms with Gasteiger partial charge in [-0.2, -0.15) is 0 Å². The minimum absolute atomic E-state index is 0.0318. The number of aliphatic hydroxyl groups is 1. The monoisotopic (exact) mass is 501 g/mol. The van der Waals surface area contributed by atoms with Crippen LogP contribution in [-0.2, 0) is 9.59 Å². The Morgan fingerprint density at radius 1 is 0.946 bits per heavy atom. The van der Waals surface area contributed by atoms with Crippen LogP contribution >= 0.6 is 0 Å². The molecule has 1 heterocycles. The Morgan fingerprint density at radius 2 is 1.68 bits per heavy atom. The van der Waals surface area contributed by atoms with Crippen molar-refractivity contribution < 1.29 is 28.9 Å². The van der Waals surface area contributed by atoms with Crippen LogP contribution in [0.1, 0.15) is 49.4 Å². The fourth-order valence-corrected chi connectivity index (χ4v) is 4.51. The van der Waals surface area contributed by atoms with Gasteiger partial charge in [0, 0.05) is 11.8 Å². The summed E-state index contributed by atoms with van der Waals surface area (Å²) in [4.78, 5) is 28.4. The van der Waals surface area contributed by atoms with Gasteiger partial charge in [-0.25, -0.2) is 0 Å². The third-order valence-corrected chi connectivity index (χ3v) is 6.43. The highest BCUT2D eigenvalue weighted by Gasteiger charge is 2.47. The lowest BCUT2D eigenvalue weighted by molar-refractivity contribution is -0.132. The molecule has 0 radical (unpaired) electrons. The Hall–Kier alpha value is -4.26. The largest absolute Gasteiger partial charge is 0.507 e. The lowest BCUT2D eigenvalue weighted by Gasteiger charge is -2.26. The molecule has 1 amide bonds. The number of Topliss-reactive ketones (excluding diaryl/α,β-unsaturated/α-hetero) is 1. The van der Waals surface area contributed by atoms with Crippen LogP contribution in [0.3, 0.4) is 0 Å². The fraction of sp³-hybridized carbons (Fsp3) is 0.267. The lowest BCUT2D eigenvalue weighted by atomic mass is 9.93. The molecule has 37 heavy (non-hydrogen) atoms. The summed E-state index contributed by atoms with van der Waals surface area (Å²) < 4.78 is 16.4. The van der Waals surface area contributed by atoms with Crippen molar-refractivity contribution in [2.45, 2.75) is 32.7 Å². The normalized spacial score (nSPS) is 16.8. The molecule has 192 valence electrons. The van der Waals surface area contributed by atoms with Crippen LogP contribution in [0.2, 0.25) is 0 Å². The molecule has 3 aromatic carbocycles. The molecule has 7 nitrogen and oxygen atoms in total. The van der Waals surface area contributed by atoms with Gasteiger partial charge < -0.3 is 19.3 Å². The molecular weight excluding hydrogens is 470 g/mol. The number of ether oxygens (including phenoxy) is 3. The Labute approximate surface area is 216 Å². The first-order valence-electron chi connectivity index (χ1n) is 12.2. The minimum Gasteiger partial charge on any atom is -0.507 e. The summed E-state index contributed by atoms with van der Waals surface area (Å²) in [5, 5.41) is 11.5. The summed E-state index contributed by atoms with van der Waals surface area (Å²) in [6.07, 6.45) is 0. The number of ketones is 1. The summed E-state index contributed by atoms with van der Waals surface area (Å²) in [6.45, 7) is 6.51. The van der Waals surface area contributed by atoms with Gasteiger partial charge in [0.15, 0.2) is 0 Å². The van der Waals surface area contributed by atoms with Gasteiger partial charge in [0.05, 0.1) is 38.0 Å². The molecule has 7 heteroatoms. The smallest absolute Gasteiger partial charge is 0.300 e. The number of anilines is 1. The predicted octanol–water partition coefficient (Wildman–Crippen LogP) is 5.85. The fourth-order valence-electron chi connectivity index (χ4n) is 4.51. The van der Waals surface area contributed by atoms with E-state index in [0.29, 0.717) is 41.0 Å². The van der Waals surface area contributed by atoms with Crippen molar-refractivity contribution in [2.24, 2.45) is 0 Å². The number of carbonyl (C=O) groups excluding carboxylic acids is 2. The highest BCUT2D eigenvalue weighted by molar-refractivity contribution is 6.51. The summed E-state index contributed by atoms with van der Waals surface area (Å²) in [5.74, 6) is -0.169. The molecule has 1 unspecified atom stereocenters. The summed E-state index contributed by atoms with van der Waals surface area (Å²) >= 11 is 0. The summed E-state index contributed by atoms with van der Waals surface area (Å²) in [5.41, 5.74) is 2.52. The van der Waals surface area contributed by atoms with Gasteiger partial charge in [0.1, 0.15) is 23.0 Å². The zero-order valence-corrected chi connectivity index (χ0v) is 21.6. The van der Waals surface area contributed by atoms with Gasteiger partial charge >= 0.3 is 0 Å². The lowest BCUT2D eigenvalue weighted by Crippen LogP contribution is -2.29. The van der Waals surface area contributed by atoms with Gasteiger partial charge in [-0.15, -0.1) is 0 Å². The van der Waals surface area contributed by atoms with Crippen LogP contribution in [0.25, 0.3) is 5.76 Å². The zero-order chi connectivity index (χ0) is 26.7. The van der Waals surface area contributed by atoms with Crippen LogP contribution in [0.4, 0.5) is 5.69 Å². The topological polar surface area (TPSA) is 85.3 Å². The van der Waals surface area contributed by atoms with Crippen molar-refractivity contribution in [2.75, 3.05) is 25.7 Å². The van der Waals surface area contributed by atoms with Crippen molar-refractivity contribution >= 4 is 23.1 Å². The Kier molecular flexibility index (Phi) is 7.53. The average molecular weight is 502 g/mol. The average Bonchev–Trinajstić information content (AvgIpc) is 3.18. The number of hydrogen-bond donors (Lipinski definition) is 1. The number of nitrogens with zero attached hydrogens (tertiary/aromatic N) is 1. The van der Waals surface area contributed by atoms with E-state index in [-0.39, 0.29) is 16.9 Å². The second kappa shape index (κ2) is 10.8. The molecule has 0 aliphatic carbocycles. The maximum Gasteiger partial charge on any atom is 0.300 e. The van der Waals surface area contributed by atoms with Crippen LogP contribution in [0, 0.1) is 0 Å². The number of hydrogen-bond acceptors (Lipinski definition) is 6. The van der Waals surface area contributed by atoms with Crippen LogP contribution < -0.4 is 19.1 Å². The quantitative estimate of drug-likeness (QED) is 0.237. The molecule has 0 aromatic heterocycles. The van der Waals surface area contributed by atoms with Gasteiger partial charge in [-0.1, -0.05) is 44.2 Å². The van der Waals surface area contributed by atoms with E-state index in [2.05, 4.69) is 13.8 Å². The van der Waals surface area contributed by atoms with E-state index in [9.17, 15) is 14.7 Å². The third-order valence-electron chi connectivity index (χ3n) is 6.43. The molecular formula is C30H31NO6. The van der Waals surface area contributed by atoms with Gasteiger partial charge in [-0.05, 0) is 54.3 Å². The van der Waals surface area contributed by atoms with Crippen LogP contribution in [0.5, 0.6) is 17.2 Å². The SMILES string of the molecule is CCOc1cccc(N2C(=O)C(=O)/C(=C(/O)c3cc(OC)ccc3OC)C2c2ccc(C(C)C)cc2)c1. The van der Waals surface area contributed by atoms with E-state index in [1.54, 1.807) is 42.5 Å². The molecule has 1 atom stereocenters. The number of amides is 1. The van der Waals surface area contributed by atoms with E-state index in [1.165, 1.54) is 19.1 Å². The molecule has 1 aliphatic heterocycles. The maximum atomic E-state index is 13.5. The molecule has 0 bridgehead atoms. The number of aliphatic hydroxyl groups excluding tert-OH is 1. The molecule has 1 N–H and O–H groups in total. The number of rotatable bonds is 8. The summed E-state index contributed by atoms with van der Waals surface area (Å²) in [7, 11) is 2.98. The van der Waals surface area contributed by atoms with E-state index < -0.39 is 17.7 Å². The Balaban J connectivity index is 1.96. The maximum absolute atomic E-state index is 13.5. The number of benzene rings is 3. The van der Waals surface area contributed by atoms with E-state index in [1.807, 2.05) is 31.2 Å². The minimum atomic E-state index is -0.867. The highest BCUT2D eigenvalue weighted by atomic mass is 16.5. The second-order valence-corrected chi connectivity index (χ2v) is 8.99. The molecule has 4 rings (SSSR count). The van der Waals surface area contributed by atoms with Gasteiger partial charge in [0.2, 0.25) is 0 Å². The summed E-state index contributed by atoms with van der Waals surface area (Å²) in [6, 6.07) is 18.8. The van der Waals surface area contributed by atoms with Crippen molar-refractivity contribution in [3.8, 4) is 17.2 Å². The molecule has 3 aromatic rings. The first kappa shape index (κ1) is 25.8. The molecule has 0 spiro atoms. The number of carbonyl (C=O) groups is 2. The molecule has 1 aliphatic rings. The molecule has 1 fully saturated rings. The van der Waals surface area contributed by atoms with Crippen LogP contribution in [-0.4, -0.2) is 37.6 Å². The van der Waals surface area contributed by atoms with E-state index >= 15 is 0 Å². The standard InChI is InChI=1S/C30H31NO6/c1-6-37-23-9-7-8-21(16-23)31-27(20-12-10-19(11-13-20)18(2)3)26(29(33)30(31)34)28(32)24-17-22(35-4)14-15-25(24)36-5/h7-18,27,32H,6H2,1-5H3/b28-26+. The van der Waals surface area contributed by atoms with Crippen molar-refractivity contribution in [3.63, 3.8) is 0 Å². The van der Waals surface area contributed by atoms with E-state index in [4.69, 9.17) is 14.2 Å². The first-order chi connectivity index (χ1) is 17.8. The van der Waals surface area contributed by atoms with Crippen molar-refractivity contribution in [1.82, 2.24) is 0 Å². The number of methoxy groups -OCH3 is 2. The second-order valence-electron chi connectivity index (χ2n) is 8.99. The van der Waals surface area contributed by atoms with Crippen molar-refractivity contribution in [1.29, 1.82) is 0 Å². The third kappa shape index (κ3) is 4.89. The molecule has 1 saturated heterocycles. The Morgan fingerprint density at radius 3 is 2.30 bits per heavy atom. The van der Waals surface area contributed by atoms with Crippen LogP contribution in [0.15, 0.2) is 72.3 Å². The molecule has 0 saturated carbocycles. The van der Waals surface area contributed by atoms with Crippen molar-refractivity contribution in [3.05, 3.63) is 89.0 Å².